The van der Waals surface area contributed by atoms with E-state index in [1.54, 1.807) is 6.08 Å². The number of hydrogen-bond acceptors (Lipinski definition) is 3. The standard InChI is InChI=1S/C12H18O3/c1-12(2,3)7-11(15)9-5-4-8(13)6-10(9)14/h5-6,8,13-14H,4,7H2,1-3H3. The molecule has 0 spiro atoms. The Hall–Kier alpha value is -1.09. The van der Waals surface area contributed by atoms with Gasteiger partial charge in [0.05, 0.1) is 11.7 Å². The fourth-order valence-corrected chi connectivity index (χ4v) is 1.52. The third-order valence-corrected chi connectivity index (χ3v) is 2.18. The first kappa shape index (κ1) is 12.0. The maximum atomic E-state index is 11.8. The van der Waals surface area contributed by atoms with Gasteiger partial charge in [-0.05, 0) is 17.9 Å². The fraction of sp³-hybridized carbons (Fsp3) is 0.583. The molecule has 0 aromatic heterocycles. The lowest BCUT2D eigenvalue weighted by molar-refractivity contribution is -0.117. The van der Waals surface area contributed by atoms with Crippen molar-refractivity contribution in [3.05, 3.63) is 23.5 Å². The Morgan fingerprint density at radius 3 is 2.60 bits per heavy atom. The Balaban J connectivity index is 2.74. The van der Waals surface area contributed by atoms with Crippen LogP contribution in [0.25, 0.3) is 0 Å². The van der Waals surface area contributed by atoms with Crippen LogP contribution in [-0.4, -0.2) is 22.1 Å². The van der Waals surface area contributed by atoms with E-state index in [0.717, 1.165) is 0 Å². The molecule has 84 valence electrons. The maximum Gasteiger partial charge on any atom is 0.166 e. The van der Waals surface area contributed by atoms with Crippen molar-refractivity contribution in [2.75, 3.05) is 0 Å². The molecule has 0 aromatic carbocycles. The molecule has 0 amide bonds. The Bertz CT molecular complexity index is 318. The van der Waals surface area contributed by atoms with E-state index in [1.807, 2.05) is 20.8 Å². The van der Waals surface area contributed by atoms with Gasteiger partial charge in [-0.15, -0.1) is 0 Å². The first-order valence-corrected chi connectivity index (χ1v) is 5.12. The second kappa shape index (κ2) is 4.19. The van der Waals surface area contributed by atoms with E-state index in [-0.39, 0.29) is 17.0 Å². The van der Waals surface area contributed by atoms with Crippen molar-refractivity contribution < 1.29 is 15.0 Å². The molecule has 1 rings (SSSR count). The molecule has 15 heavy (non-hydrogen) atoms. The molecule has 0 radical (unpaired) electrons. The number of rotatable bonds is 2. The zero-order chi connectivity index (χ0) is 11.6. The topological polar surface area (TPSA) is 57.5 Å². The molecule has 0 saturated heterocycles. The highest BCUT2D eigenvalue weighted by Crippen LogP contribution is 2.25. The van der Waals surface area contributed by atoms with Gasteiger partial charge in [-0.3, -0.25) is 4.79 Å². The molecule has 0 heterocycles. The lowest BCUT2D eigenvalue weighted by Crippen LogP contribution is -2.19. The molecule has 1 aliphatic carbocycles. The van der Waals surface area contributed by atoms with Crippen LogP contribution >= 0.6 is 0 Å². The Morgan fingerprint density at radius 1 is 1.53 bits per heavy atom. The highest BCUT2D eigenvalue weighted by atomic mass is 16.3. The SMILES string of the molecule is CC(C)(C)CC(=O)C1=CCC(O)C=C1O. The number of Topliss-reactive ketones (excluding diaryl/α,β-unsaturated/α-hetero) is 1. The van der Waals surface area contributed by atoms with Crippen LogP contribution in [0.4, 0.5) is 0 Å². The van der Waals surface area contributed by atoms with Crippen LogP contribution in [0.1, 0.15) is 33.6 Å². The van der Waals surface area contributed by atoms with Crippen molar-refractivity contribution in [3.8, 4) is 0 Å². The van der Waals surface area contributed by atoms with E-state index >= 15 is 0 Å². The molecule has 1 unspecified atom stereocenters. The van der Waals surface area contributed by atoms with Gasteiger partial charge in [0.15, 0.2) is 5.78 Å². The molecule has 0 aromatic rings. The van der Waals surface area contributed by atoms with Gasteiger partial charge < -0.3 is 10.2 Å². The van der Waals surface area contributed by atoms with Crippen LogP contribution in [0, 0.1) is 5.41 Å². The van der Waals surface area contributed by atoms with E-state index in [0.29, 0.717) is 18.4 Å². The summed E-state index contributed by atoms with van der Waals surface area (Å²) in [7, 11) is 0. The quantitative estimate of drug-likeness (QED) is 0.734. The maximum absolute atomic E-state index is 11.8. The Labute approximate surface area is 90.1 Å². The minimum Gasteiger partial charge on any atom is -0.507 e. The number of carbonyl (C=O) groups excluding carboxylic acids is 1. The monoisotopic (exact) mass is 210 g/mol. The van der Waals surface area contributed by atoms with Crippen molar-refractivity contribution in [2.24, 2.45) is 5.41 Å². The highest BCUT2D eigenvalue weighted by Gasteiger charge is 2.23. The second-order valence-electron chi connectivity index (χ2n) is 5.13. The summed E-state index contributed by atoms with van der Waals surface area (Å²) in [6, 6.07) is 0. The molecular formula is C12H18O3. The molecular weight excluding hydrogens is 192 g/mol. The minimum absolute atomic E-state index is 0.0665. The van der Waals surface area contributed by atoms with Gasteiger partial charge in [0.25, 0.3) is 0 Å². The minimum atomic E-state index is -0.670. The first-order chi connectivity index (χ1) is 6.79. The van der Waals surface area contributed by atoms with Crippen LogP contribution in [0.5, 0.6) is 0 Å². The number of allylic oxidation sites excluding steroid dienone is 1. The van der Waals surface area contributed by atoms with E-state index in [4.69, 9.17) is 0 Å². The van der Waals surface area contributed by atoms with Gasteiger partial charge in [-0.2, -0.15) is 0 Å². The summed E-state index contributed by atoms with van der Waals surface area (Å²) in [4.78, 5) is 11.8. The molecule has 1 aliphatic rings. The Morgan fingerprint density at radius 2 is 2.13 bits per heavy atom. The van der Waals surface area contributed by atoms with E-state index in [9.17, 15) is 15.0 Å². The normalized spacial score (nSPS) is 22.0. The summed E-state index contributed by atoms with van der Waals surface area (Å²) in [6.45, 7) is 5.93. The first-order valence-electron chi connectivity index (χ1n) is 5.12. The van der Waals surface area contributed by atoms with Crippen molar-refractivity contribution in [1.82, 2.24) is 0 Å². The van der Waals surface area contributed by atoms with Gasteiger partial charge >= 0.3 is 0 Å². The summed E-state index contributed by atoms with van der Waals surface area (Å²) < 4.78 is 0. The summed E-state index contributed by atoms with van der Waals surface area (Å²) >= 11 is 0. The third kappa shape index (κ3) is 3.51. The van der Waals surface area contributed by atoms with Gasteiger partial charge in [0.1, 0.15) is 5.76 Å². The lowest BCUT2D eigenvalue weighted by atomic mass is 9.86. The number of ketones is 1. The fourth-order valence-electron chi connectivity index (χ4n) is 1.52. The van der Waals surface area contributed by atoms with Gasteiger partial charge in [0.2, 0.25) is 0 Å². The third-order valence-electron chi connectivity index (χ3n) is 2.18. The molecule has 0 bridgehead atoms. The molecule has 0 saturated carbocycles. The van der Waals surface area contributed by atoms with Gasteiger partial charge in [-0.25, -0.2) is 0 Å². The van der Waals surface area contributed by atoms with Gasteiger partial charge in [0, 0.05) is 6.42 Å². The van der Waals surface area contributed by atoms with Crippen LogP contribution < -0.4 is 0 Å². The molecule has 0 aliphatic heterocycles. The summed E-state index contributed by atoms with van der Waals surface area (Å²) in [6.07, 6.45) is 3.04. The highest BCUT2D eigenvalue weighted by molar-refractivity contribution is 5.99. The average Bonchev–Trinajstić information content (AvgIpc) is 1.99. The number of aliphatic hydroxyl groups excluding tert-OH is 2. The largest absolute Gasteiger partial charge is 0.507 e. The van der Waals surface area contributed by atoms with E-state index < -0.39 is 6.10 Å². The summed E-state index contributed by atoms with van der Waals surface area (Å²) in [5.41, 5.74) is 0.254. The summed E-state index contributed by atoms with van der Waals surface area (Å²) in [5, 5.41) is 18.7. The molecule has 0 fully saturated rings. The van der Waals surface area contributed by atoms with Crippen molar-refractivity contribution >= 4 is 5.78 Å². The van der Waals surface area contributed by atoms with Crippen molar-refractivity contribution in [3.63, 3.8) is 0 Å². The number of carbonyl (C=O) groups is 1. The molecule has 3 nitrogen and oxygen atoms in total. The Kier molecular flexibility index (Phi) is 3.35. The zero-order valence-corrected chi connectivity index (χ0v) is 9.45. The van der Waals surface area contributed by atoms with E-state index in [2.05, 4.69) is 0 Å². The predicted molar refractivity (Wildman–Crippen MR) is 58.5 cm³/mol. The second-order valence-corrected chi connectivity index (χ2v) is 5.13. The van der Waals surface area contributed by atoms with Crippen LogP contribution in [0.15, 0.2) is 23.5 Å². The lowest BCUT2D eigenvalue weighted by Gasteiger charge is -2.19. The van der Waals surface area contributed by atoms with Crippen LogP contribution in [0.2, 0.25) is 0 Å². The number of aliphatic hydroxyl groups is 2. The molecule has 1 atom stereocenters. The zero-order valence-electron chi connectivity index (χ0n) is 9.45. The molecule has 3 heteroatoms. The smallest absolute Gasteiger partial charge is 0.166 e. The van der Waals surface area contributed by atoms with Gasteiger partial charge in [-0.1, -0.05) is 26.8 Å². The molecule has 2 N–H and O–H groups in total. The van der Waals surface area contributed by atoms with Crippen LogP contribution in [-0.2, 0) is 4.79 Å². The van der Waals surface area contributed by atoms with Crippen LogP contribution in [0.3, 0.4) is 0 Å². The van der Waals surface area contributed by atoms with Crippen molar-refractivity contribution in [1.29, 1.82) is 0 Å². The predicted octanol–water partition coefficient (Wildman–Crippen LogP) is 2.12. The average molecular weight is 210 g/mol. The van der Waals surface area contributed by atoms with Crippen molar-refractivity contribution in [2.45, 2.75) is 39.7 Å². The summed E-state index contributed by atoms with van der Waals surface area (Å²) in [5.74, 6) is -0.161. The van der Waals surface area contributed by atoms with E-state index in [1.165, 1.54) is 6.08 Å². The number of hydrogen-bond donors (Lipinski definition) is 2.